The molecule has 0 aliphatic heterocycles. The summed E-state index contributed by atoms with van der Waals surface area (Å²) in [7, 11) is 0. The maximum atomic E-state index is 4.43. The molecule has 0 saturated carbocycles. The minimum atomic E-state index is 0.771. The van der Waals surface area contributed by atoms with Gasteiger partial charge in [0, 0.05) is 21.4 Å². The van der Waals surface area contributed by atoms with Crippen molar-refractivity contribution in [2.24, 2.45) is 0 Å². The van der Waals surface area contributed by atoms with Crippen molar-refractivity contribution in [1.29, 1.82) is 0 Å². The summed E-state index contributed by atoms with van der Waals surface area (Å²) in [6, 6.07) is 7.80. The molecule has 6 heteroatoms. The summed E-state index contributed by atoms with van der Waals surface area (Å²) >= 11 is 10.3. The molecule has 1 aromatic heterocycles. The zero-order valence-corrected chi connectivity index (χ0v) is 14.3. The van der Waals surface area contributed by atoms with E-state index in [4.69, 9.17) is 0 Å². The highest BCUT2D eigenvalue weighted by molar-refractivity contribution is 9.11. The van der Waals surface area contributed by atoms with Crippen molar-refractivity contribution in [1.82, 2.24) is 9.97 Å². The van der Waals surface area contributed by atoms with E-state index in [1.54, 1.807) is 0 Å². The molecular formula is C12H10Br3N3. The first kappa shape index (κ1) is 14.0. The highest BCUT2D eigenvalue weighted by Crippen LogP contribution is 2.29. The standard InChI is InChI=1S/C12H10Br3N3/c1-2-11-17-10(15)6-12(18-11)16-9-5-7(13)3-4-8(9)14/h3-6H,2H2,1H3,(H,16,17,18). The van der Waals surface area contributed by atoms with Gasteiger partial charge >= 0.3 is 0 Å². The molecule has 1 aromatic carbocycles. The Balaban J connectivity index is 2.33. The Hall–Kier alpha value is -0.460. The maximum Gasteiger partial charge on any atom is 0.135 e. The first-order valence-electron chi connectivity index (χ1n) is 5.34. The Kier molecular flexibility index (Phi) is 4.75. The molecular weight excluding hydrogens is 426 g/mol. The maximum absolute atomic E-state index is 4.43. The van der Waals surface area contributed by atoms with Crippen LogP contribution in [0.15, 0.2) is 37.8 Å². The van der Waals surface area contributed by atoms with Gasteiger partial charge in [-0.2, -0.15) is 0 Å². The molecule has 3 nitrogen and oxygen atoms in total. The van der Waals surface area contributed by atoms with Crippen LogP contribution in [-0.4, -0.2) is 9.97 Å². The predicted molar refractivity (Wildman–Crippen MR) is 84.2 cm³/mol. The van der Waals surface area contributed by atoms with E-state index < -0.39 is 0 Å². The molecule has 0 bridgehead atoms. The lowest BCUT2D eigenvalue weighted by Crippen LogP contribution is -2.00. The number of hydrogen-bond acceptors (Lipinski definition) is 3. The van der Waals surface area contributed by atoms with Crippen LogP contribution in [0.4, 0.5) is 11.5 Å². The van der Waals surface area contributed by atoms with Crippen LogP contribution >= 0.6 is 47.8 Å². The van der Waals surface area contributed by atoms with E-state index in [9.17, 15) is 0 Å². The second kappa shape index (κ2) is 6.12. The molecule has 2 rings (SSSR count). The van der Waals surface area contributed by atoms with Crippen LogP contribution in [0.5, 0.6) is 0 Å². The molecule has 18 heavy (non-hydrogen) atoms. The van der Waals surface area contributed by atoms with Gasteiger partial charge in [-0.25, -0.2) is 9.97 Å². The van der Waals surface area contributed by atoms with Crippen molar-refractivity contribution < 1.29 is 0 Å². The number of hydrogen-bond donors (Lipinski definition) is 1. The average Bonchev–Trinajstić information content (AvgIpc) is 2.33. The second-order valence-electron chi connectivity index (χ2n) is 3.59. The van der Waals surface area contributed by atoms with Crippen molar-refractivity contribution in [3.63, 3.8) is 0 Å². The number of rotatable bonds is 3. The van der Waals surface area contributed by atoms with Crippen molar-refractivity contribution in [2.75, 3.05) is 5.32 Å². The van der Waals surface area contributed by atoms with Crippen LogP contribution in [0.1, 0.15) is 12.7 Å². The lowest BCUT2D eigenvalue weighted by Gasteiger charge is -2.09. The van der Waals surface area contributed by atoms with E-state index in [1.165, 1.54) is 0 Å². The molecule has 0 fully saturated rings. The van der Waals surface area contributed by atoms with Gasteiger partial charge in [-0.3, -0.25) is 0 Å². The number of nitrogens with zero attached hydrogens (tertiary/aromatic N) is 2. The Morgan fingerprint density at radius 2 is 1.89 bits per heavy atom. The summed E-state index contributed by atoms with van der Waals surface area (Å²) in [5, 5.41) is 3.27. The molecule has 0 amide bonds. The van der Waals surface area contributed by atoms with E-state index in [2.05, 4.69) is 63.1 Å². The monoisotopic (exact) mass is 433 g/mol. The number of aromatic nitrogens is 2. The molecule has 0 aliphatic rings. The van der Waals surface area contributed by atoms with E-state index in [-0.39, 0.29) is 0 Å². The van der Waals surface area contributed by atoms with E-state index in [0.29, 0.717) is 0 Å². The Labute approximate surface area is 131 Å². The summed E-state index contributed by atoms with van der Waals surface area (Å²) < 4.78 is 2.78. The third kappa shape index (κ3) is 3.52. The first-order valence-corrected chi connectivity index (χ1v) is 7.72. The molecule has 0 radical (unpaired) electrons. The lowest BCUT2D eigenvalue weighted by atomic mass is 10.3. The van der Waals surface area contributed by atoms with Crippen LogP contribution < -0.4 is 5.32 Å². The molecule has 2 aromatic rings. The summed E-state index contributed by atoms with van der Waals surface area (Å²) in [6.07, 6.45) is 0.799. The topological polar surface area (TPSA) is 37.8 Å². The minimum Gasteiger partial charge on any atom is -0.339 e. The molecule has 0 spiro atoms. The van der Waals surface area contributed by atoms with Crippen LogP contribution in [0.3, 0.4) is 0 Å². The molecule has 1 heterocycles. The highest BCUT2D eigenvalue weighted by Gasteiger charge is 2.05. The summed E-state index contributed by atoms with van der Waals surface area (Å²) in [5.74, 6) is 1.57. The van der Waals surface area contributed by atoms with Gasteiger partial charge < -0.3 is 5.32 Å². The van der Waals surface area contributed by atoms with Gasteiger partial charge in [0.2, 0.25) is 0 Å². The molecule has 0 aliphatic carbocycles. The van der Waals surface area contributed by atoms with E-state index >= 15 is 0 Å². The largest absolute Gasteiger partial charge is 0.339 e. The average molecular weight is 436 g/mol. The summed E-state index contributed by atoms with van der Waals surface area (Å²) in [6.45, 7) is 2.03. The third-order valence-electron chi connectivity index (χ3n) is 2.25. The number of nitrogens with one attached hydrogen (secondary N) is 1. The summed E-state index contributed by atoms with van der Waals surface area (Å²) in [5.41, 5.74) is 0.956. The highest BCUT2D eigenvalue weighted by atomic mass is 79.9. The minimum absolute atomic E-state index is 0.771. The smallest absolute Gasteiger partial charge is 0.135 e. The molecule has 1 N–H and O–H groups in total. The van der Waals surface area contributed by atoms with Gasteiger partial charge in [0.15, 0.2) is 0 Å². The first-order chi connectivity index (χ1) is 8.58. The molecule has 0 atom stereocenters. The van der Waals surface area contributed by atoms with E-state index in [0.717, 1.165) is 37.3 Å². The van der Waals surface area contributed by atoms with E-state index in [1.807, 2.05) is 31.2 Å². The summed E-state index contributed by atoms with van der Waals surface area (Å²) in [4.78, 5) is 8.71. The fourth-order valence-electron chi connectivity index (χ4n) is 1.42. The van der Waals surface area contributed by atoms with Gasteiger partial charge in [-0.1, -0.05) is 22.9 Å². The van der Waals surface area contributed by atoms with Gasteiger partial charge in [0.25, 0.3) is 0 Å². The fourth-order valence-corrected chi connectivity index (χ4v) is 2.55. The number of aryl methyl sites for hydroxylation is 1. The lowest BCUT2D eigenvalue weighted by molar-refractivity contribution is 0.931. The quantitative estimate of drug-likeness (QED) is 0.684. The van der Waals surface area contributed by atoms with Crippen molar-refractivity contribution >= 4 is 59.3 Å². The molecule has 94 valence electrons. The van der Waals surface area contributed by atoms with Gasteiger partial charge in [0.1, 0.15) is 16.2 Å². The number of anilines is 2. The van der Waals surface area contributed by atoms with Crippen molar-refractivity contribution in [3.8, 4) is 0 Å². The van der Waals surface area contributed by atoms with Crippen LogP contribution in [0.25, 0.3) is 0 Å². The van der Waals surface area contributed by atoms with Crippen molar-refractivity contribution in [3.05, 3.63) is 43.6 Å². The zero-order chi connectivity index (χ0) is 13.1. The number of benzene rings is 1. The zero-order valence-electron chi connectivity index (χ0n) is 9.54. The van der Waals surface area contributed by atoms with Crippen LogP contribution in [-0.2, 0) is 6.42 Å². The fraction of sp³-hybridized carbons (Fsp3) is 0.167. The molecule has 0 unspecified atom stereocenters. The molecule has 0 saturated heterocycles. The van der Waals surface area contributed by atoms with Crippen LogP contribution in [0.2, 0.25) is 0 Å². The van der Waals surface area contributed by atoms with Gasteiger partial charge in [-0.15, -0.1) is 0 Å². The number of halogens is 3. The SMILES string of the molecule is CCc1nc(Br)cc(Nc2cc(Br)ccc2Br)n1. The predicted octanol–water partition coefficient (Wildman–Crippen LogP) is 5.07. The van der Waals surface area contributed by atoms with Gasteiger partial charge in [0.05, 0.1) is 5.69 Å². The van der Waals surface area contributed by atoms with Crippen LogP contribution in [0, 0.1) is 0 Å². The van der Waals surface area contributed by atoms with Gasteiger partial charge in [-0.05, 0) is 50.1 Å². The van der Waals surface area contributed by atoms with Crippen molar-refractivity contribution in [2.45, 2.75) is 13.3 Å². The second-order valence-corrected chi connectivity index (χ2v) is 6.18. The Morgan fingerprint density at radius 1 is 1.11 bits per heavy atom. The Morgan fingerprint density at radius 3 is 2.61 bits per heavy atom. The normalized spacial score (nSPS) is 10.4. The third-order valence-corrected chi connectivity index (χ3v) is 3.84. The Bertz CT molecular complexity index is 572.